The van der Waals surface area contributed by atoms with Crippen molar-refractivity contribution in [3.63, 3.8) is 0 Å². The van der Waals surface area contributed by atoms with Gasteiger partial charge in [-0.15, -0.1) is 0 Å². The number of anilines is 4. The van der Waals surface area contributed by atoms with E-state index in [9.17, 15) is 9.59 Å². The lowest BCUT2D eigenvalue weighted by molar-refractivity contribution is 0.128. The molecule has 0 spiro atoms. The van der Waals surface area contributed by atoms with E-state index in [4.69, 9.17) is 14.2 Å². The standard InChI is InChI=1S/C31H34N2O5/c1-20(21-11-8-7-9-12-21)19-33(25-16-15-24(36-5)18-26(25)37-6)23-14-10-13-22(17-23)32-27-28(34)29(35)30(27)38-31(2,3)4/h7-18,20,32H,19H2,1-6H3. The third-order valence-electron chi connectivity index (χ3n) is 6.20. The highest BCUT2D eigenvalue weighted by Crippen LogP contribution is 2.39. The Labute approximate surface area is 223 Å². The molecule has 7 heteroatoms. The van der Waals surface area contributed by atoms with Crippen LogP contribution in [0.1, 0.15) is 39.2 Å². The van der Waals surface area contributed by atoms with Crippen LogP contribution in [0.2, 0.25) is 0 Å². The van der Waals surface area contributed by atoms with Gasteiger partial charge in [-0.25, -0.2) is 0 Å². The van der Waals surface area contributed by atoms with Crippen LogP contribution in [0, 0.1) is 0 Å². The van der Waals surface area contributed by atoms with E-state index in [1.807, 2.05) is 81.4 Å². The second-order valence-corrected chi connectivity index (χ2v) is 10.2. The molecule has 38 heavy (non-hydrogen) atoms. The highest BCUT2D eigenvalue weighted by atomic mass is 16.5. The van der Waals surface area contributed by atoms with Crippen molar-refractivity contribution in [1.29, 1.82) is 0 Å². The number of benzene rings is 3. The number of rotatable bonds is 10. The molecule has 0 aliphatic heterocycles. The Bertz CT molecular complexity index is 1470. The smallest absolute Gasteiger partial charge is 0.272 e. The maximum Gasteiger partial charge on any atom is 0.272 e. The summed E-state index contributed by atoms with van der Waals surface area (Å²) in [6, 6.07) is 23.8. The van der Waals surface area contributed by atoms with Crippen molar-refractivity contribution >= 4 is 22.7 Å². The number of ether oxygens (including phenoxy) is 3. The number of hydrogen-bond acceptors (Lipinski definition) is 7. The largest absolute Gasteiger partial charge is 0.497 e. The summed E-state index contributed by atoms with van der Waals surface area (Å²) in [6.45, 7) is 8.35. The molecule has 0 saturated heterocycles. The second kappa shape index (κ2) is 11.0. The minimum Gasteiger partial charge on any atom is -0.497 e. The second-order valence-electron chi connectivity index (χ2n) is 10.2. The van der Waals surface area contributed by atoms with Gasteiger partial charge in [0.15, 0.2) is 5.75 Å². The average molecular weight is 515 g/mol. The minimum atomic E-state index is -0.611. The lowest BCUT2D eigenvalue weighted by Crippen LogP contribution is -2.39. The third-order valence-corrected chi connectivity index (χ3v) is 6.20. The first kappa shape index (κ1) is 26.8. The van der Waals surface area contributed by atoms with Crippen LogP contribution in [0.4, 0.5) is 22.7 Å². The first-order valence-corrected chi connectivity index (χ1v) is 12.5. The van der Waals surface area contributed by atoms with E-state index >= 15 is 0 Å². The van der Waals surface area contributed by atoms with E-state index < -0.39 is 16.5 Å². The SMILES string of the molecule is COc1ccc(N(CC(C)c2ccccc2)c2cccc(Nc3c(OC(C)(C)C)c(=O)c3=O)c2)c(OC)c1. The van der Waals surface area contributed by atoms with Crippen LogP contribution in [0.15, 0.2) is 82.4 Å². The Balaban J connectivity index is 1.72. The Kier molecular flexibility index (Phi) is 7.76. The molecule has 4 aromatic carbocycles. The van der Waals surface area contributed by atoms with Crippen molar-refractivity contribution in [1.82, 2.24) is 0 Å². The zero-order valence-corrected chi connectivity index (χ0v) is 22.7. The highest BCUT2D eigenvalue weighted by molar-refractivity contribution is 5.76. The molecule has 198 valence electrons. The first-order valence-electron chi connectivity index (χ1n) is 12.5. The molecule has 4 aromatic rings. The molecule has 7 nitrogen and oxygen atoms in total. The van der Waals surface area contributed by atoms with Gasteiger partial charge in [0.2, 0.25) is 0 Å². The minimum absolute atomic E-state index is 0.0688. The number of methoxy groups -OCH3 is 2. The van der Waals surface area contributed by atoms with E-state index in [1.54, 1.807) is 14.2 Å². The van der Waals surface area contributed by atoms with Crippen molar-refractivity contribution in [3.05, 3.63) is 98.8 Å². The predicted octanol–water partition coefficient (Wildman–Crippen LogP) is 6.16. The summed E-state index contributed by atoms with van der Waals surface area (Å²) in [5.74, 6) is 1.63. The summed E-state index contributed by atoms with van der Waals surface area (Å²) in [4.78, 5) is 26.7. The van der Waals surface area contributed by atoms with Crippen LogP contribution in [-0.4, -0.2) is 26.4 Å². The molecule has 0 saturated carbocycles. The van der Waals surface area contributed by atoms with Crippen LogP contribution in [-0.2, 0) is 0 Å². The summed E-state index contributed by atoms with van der Waals surface area (Å²) >= 11 is 0. The molecular formula is C31H34N2O5. The fraction of sp³-hybridized carbons (Fsp3) is 0.290. The number of nitrogens with one attached hydrogen (secondary N) is 1. The molecule has 0 heterocycles. The van der Waals surface area contributed by atoms with Crippen molar-refractivity contribution in [3.8, 4) is 17.2 Å². The van der Waals surface area contributed by atoms with Crippen LogP contribution >= 0.6 is 0 Å². The van der Waals surface area contributed by atoms with Crippen LogP contribution in [0.25, 0.3) is 0 Å². The van der Waals surface area contributed by atoms with Gasteiger partial charge in [0.1, 0.15) is 22.8 Å². The summed E-state index contributed by atoms with van der Waals surface area (Å²) in [6.07, 6.45) is 0. The summed E-state index contributed by atoms with van der Waals surface area (Å²) in [5.41, 5.74) is 2.02. The van der Waals surface area contributed by atoms with Gasteiger partial charge in [-0.05, 0) is 62.6 Å². The zero-order chi connectivity index (χ0) is 27.4. The lowest BCUT2D eigenvalue weighted by Gasteiger charge is -2.30. The average Bonchev–Trinajstić information content (AvgIpc) is 2.93. The van der Waals surface area contributed by atoms with Gasteiger partial charge in [0.05, 0.1) is 19.9 Å². The van der Waals surface area contributed by atoms with Gasteiger partial charge in [0, 0.05) is 24.0 Å². The number of nitrogens with zero attached hydrogens (tertiary/aromatic N) is 1. The van der Waals surface area contributed by atoms with Crippen LogP contribution in [0.5, 0.6) is 17.2 Å². The molecule has 0 aliphatic carbocycles. The number of hydrogen-bond donors (Lipinski definition) is 1. The van der Waals surface area contributed by atoms with Gasteiger partial charge in [0.25, 0.3) is 10.9 Å². The molecule has 0 radical (unpaired) electrons. The Morgan fingerprint density at radius 3 is 2.26 bits per heavy atom. The highest BCUT2D eigenvalue weighted by Gasteiger charge is 2.27. The van der Waals surface area contributed by atoms with E-state index in [2.05, 4.69) is 29.3 Å². The molecule has 0 fully saturated rings. The Hall–Kier alpha value is -4.26. The van der Waals surface area contributed by atoms with Crippen molar-refractivity contribution < 1.29 is 14.2 Å². The van der Waals surface area contributed by atoms with Gasteiger partial charge in [-0.2, -0.15) is 0 Å². The van der Waals surface area contributed by atoms with E-state index in [1.165, 1.54) is 5.56 Å². The summed E-state index contributed by atoms with van der Waals surface area (Å²) in [7, 11) is 3.26. The quantitative estimate of drug-likeness (QED) is 0.254. The maximum absolute atomic E-state index is 12.4. The van der Waals surface area contributed by atoms with Crippen LogP contribution in [0.3, 0.4) is 0 Å². The van der Waals surface area contributed by atoms with Crippen molar-refractivity contribution in [2.45, 2.75) is 39.2 Å². The first-order chi connectivity index (χ1) is 18.1. The van der Waals surface area contributed by atoms with Crippen molar-refractivity contribution in [2.24, 2.45) is 0 Å². The van der Waals surface area contributed by atoms with E-state index in [0.717, 1.165) is 11.4 Å². The molecular weight excluding hydrogens is 480 g/mol. The molecule has 0 bridgehead atoms. The molecule has 4 rings (SSSR count). The maximum atomic E-state index is 12.4. The summed E-state index contributed by atoms with van der Waals surface area (Å²) < 4.78 is 16.9. The van der Waals surface area contributed by atoms with E-state index in [0.29, 0.717) is 23.7 Å². The fourth-order valence-electron chi connectivity index (χ4n) is 4.30. The molecule has 0 amide bonds. The van der Waals surface area contributed by atoms with Gasteiger partial charge in [-0.1, -0.05) is 43.3 Å². The van der Waals surface area contributed by atoms with Gasteiger partial charge in [-0.3, -0.25) is 9.59 Å². The predicted molar refractivity (Wildman–Crippen MR) is 153 cm³/mol. The normalized spacial score (nSPS) is 12.2. The zero-order valence-electron chi connectivity index (χ0n) is 22.7. The topological polar surface area (TPSA) is 77.1 Å². The molecule has 1 N–H and O–H groups in total. The molecule has 0 aromatic heterocycles. The van der Waals surface area contributed by atoms with Gasteiger partial charge >= 0.3 is 0 Å². The molecule has 0 aliphatic rings. The molecule has 1 atom stereocenters. The lowest BCUT2D eigenvalue weighted by atomic mass is 10.00. The Morgan fingerprint density at radius 1 is 0.868 bits per heavy atom. The van der Waals surface area contributed by atoms with Crippen LogP contribution < -0.4 is 35.3 Å². The van der Waals surface area contributed by atoms with Crippen molar-refractivity contribution in [2.75, 3.05) is 31.0 Å². The fourth-order valence-corrected chi connectivity index (χ4v) is 4.30. The molecule has 1 unspecified atom stereocenters. The summed E-state index contributed by atoms with van der Waals surface area (Å²) in [5, 5.41) is 3.12. The monoisotopic (exact) mass is 514 g/mol. The Morgan fingerprint density at radius 2 is 1.61 bits per heavy atom. The van der Waals surface area contributed by atoms with Gasteiger partial charge < -0.3 is 24.4 Å². The third kappa shape index (κ3) is 5.83. The van der Waals surface area contributed by atoms with E-state index in [-0.39, 0.29) is 17.4 Å².